The van der Waals surface area contributed by atoms with E-state index in [4.69, 9.17) is 9.82 Å². The number of benzene rings is 2. The maximum Gasteiger partial charge on any atom is 0.391 e. The fraction of sp³-hybridized carbons (Fsp3) is 0.292. The Bertz CT molecular complexity index is 1030. The Morgan fingerprint density at radius 2 is 1.87 bits per heavy atom. The summed E-state index contributed by atoms with van der Waals surface area (Å²) in [5.74, 6) is -0.729. The standard InChI is InChI=1S/C24H24N2O4/c27-16-23(28)29-26-30-24(18-8-2-1-3-9-18)20-11-6-10-19(15-20)22-14-13-17-7-4-5-12-21(17)25-22/h4-7,10-16,18,24,26H,1-3,8-9H2. The Morgan fingerprint density at radius 1 is 1.03 bits per heavy atom. The Morgan fingerprint density at radius 3 is 2.70 bits per heavy atom. The molecule has 30 heavy (non-hydrogen) atoms. The molecule has 1 saturated carbocycles. The molecule has 4 rings (SSSR count). The van der Waals surface area contributed by atoms with Gasteiger partial charge in [-0.15, -0.1) is 0 Å². The van der Waals surface area contributed by atoms with E-state index in [2.05, 4.69) is 22.6 Å². The number of nitrogens with one attached hydrogen (secondary N) is 1. The molecule has 0 aliphatic heterocycles. The SMILES string of the molecule is O=CC(=O)ONOC(c1cccc(-c2ccc3ccccc3n2)c1)C1CCCCC1. The lowest BCUT2D eigenvalue weighted by Gasteiger charge is -2.30. The fourth-order valence-corrected chi connectivity index (χ4v) is 4.12. The van der Waals surface area contributed by atoms with Gasteiger partial charge in [0.2, 0.25) is 6.29 Å². The van der Waals surface area contributed by atoms with E-state index in [1.54, 1.807) is 0 Å². The van der Waals surface area contributed by atoms with E-state index in [0.29, 0.717) is 5.92 Å². The Balaban J connectivity index is 1.61. The zero-order valence-corrected chi connectivity index (χ0v) is 16.6. The van der Waals surface area contributed by atoms with Crippen LogP contribution in [-0.4, -0.2) is 17.2 Å². The number of carbonyl (C=O) groups excluding carboxylic acids is 2. The van der Waals surface area contributed by atoms with Crippen molar-refractivity contribution in [1.29, 1.82) is 0 Å². The minimum atomic E-state index is -1.02. The van der Waals surface area contributed by atoms with Crippen LogP contribution in [-0.2, 0) is 19.3 Å². The lowest BCUT2D eigenvalue weighted by atomic mass is 9.82. The zero-order chi connectivity index (χ0) is 20.8. The summed E-state index contributed by atoms with van der Waals surface area (Å²) in [7, 11) is 0. The largest absolute Gasteiger partial charge is 0.391 e. The third-order valence-corrected chi connectivity index (χ3v) is 5.60. The highest BCUT2D eigenvalue weighted by Gasteiger charge is 2.27. The van der Waals surface area contributed by atoms with Gasteiger partial charge in [0.1, 0.15) is 6.10 Å². The molecule has 6 heteroatoms. The number of aldehydes is 1. The molecule has 1 unspecified atom stereocenters. The van der Waals surface area contributed by atoms with Crippen molar-refractivity contribution in [1.82, 2.24) is 10.6 Å². The first-order chi connectivity index (χ1) is 14.7. The molecule has 0 spiro atoms. The van der Waals surface area contributed by atoms with Gasteiger partial charge in [0.25, 0.3) is 0 Å². The molecular formula is C24H24N2O4. The highest BCUT2D eigenvalue weighted by atomic mass is 16.9. The van der Waals surface area contributed by atoms with Crippen molar-refractivity contribution < 1.29 is 19.3 Å². The van der Waals surface area contributed by atoms with Crippen LogP contribution < -0.4 is 5.64 Å². The first-order valence-corrected chi connectivity index (χ1v) is 10.3. The van der Waals surface area contributed by atoms with Gasteiger partial charge in [-0.1, -0.05) is 61.7 Å². The topological polar surface area (TPSA) is 77.5 Å². The van der Waals surface area contributed by atoms with E-state index in [-0.39, 0.29) is 12.4 Å². The van der Waals surface area contributed by atoms with Crippen molar-refractivity contribution >= 4 is 23.2 Å². The molecule has 2 aromatic carbocycles. The number of aromatic nitrogens is 1. The van der Waals surface area contributed by atoms with Crippen LogP contribution >= 0.6 is 0 Å². The van der Waals surface area contributed by atoms with Gasteiger partial charge in [-0.3, -0.25) is 9.63 Å². The molecule has 0 saturated heterocycles. The lowest BCUT2D eigenvalue weighted by molar-refractivity contribution is -0.214. The van der Waals surface area contributed by atoms with Crippen LogP contribution in [0.15, 0.2) is 60.7 Å². The number of pyridine rings is 1. The second-order valence-corrected chi connectivity index (χ2v) is 7.57. The highest BCUT2D eigenvalue weighted by molar-refractivity contribution is 6.20. The maximum absolute atomic E-state index is 11.1. The summed E-state index contributed by atoms with van der Waals surface area (Å²) < 4.78 is 0. The van der Waals surface area contributed by atoms with Gasteiger partial charge in [-0.25, -0.2) is 9.78 Å². The average Bonchev–Trinajstić information content (AvgIpc) is 2.82. The first-order valence-electron chi connectivity index (χ1n) is 10.3. The summed E-state index contributed by atoms with van der Waals surface area (Å²) in [6.45, 7) is 0. The van der Waals surface area contributed by atoms with E-state index in [0.717, 1.165) is 53.4 Å². The fourth-order valence-electron chi connectivity index (χ4n) is 4.12. The van der Waals surface area contributed by atoms with Gasteiger partial charge >= 0.3 is 5.97 Å². The van der Waals surface area contributed by atoms with E-state index >= 15 is 0 Å². The third kappa shape index (κ3) is 4.72. The molecule has 1 aliphatic carbocycles. The molecule has 3 aromatic rings. The second-order valence-electron chi connectivity index (χ2n) is 7.57. The number of hydrogen-bond acceptors (Lipinski definition) is 6. The van der Waals surface area contributed by atoms with Crippen molar-refractivity contribution in [2.24, 2.45) is 5.92 Å². The minimum absolute atomic E-state index is 0.0952. The van der Waals surface area contributed by atoms with Crippen molar-refractivity contribution in [2.45, 2.75) is 38.2 Å². The normalized spacial score (nSPS) is 15.6. The first kappa shape index (κ1) is 20.2. The van der Waals surface area contributed by atoms with E-state index in [1.165, 1.54) is 6.42 Å². The van der Waals surface area contributed by atoms with Crippen LogP contribution in [0.5, 0.6) is 0 Å². The molecule has 154 valence electrons. The molecular weight excluding hydrogens is 380 g/mol. The number of nitrogens with zero attached hydrogens (tertiary/aromatic N) is 1. The molecule has 1 aliphatic rings. The van der Waals surface area contributed by atoms with Gasteiger partial charge in [0.15, 0.2) is 0 Å². The van der Waals surface area contributed by atoms with Crippen LogP contribution in [0.25, 0.3) is 22.2 Å². The van der Waals surface area contributed by atoms with E-state index in [9.17, 15) is 9.59 Å². The molecule has 1 aromatic heterocycles. The Labute approximate surface area is 175 Å². The number of hydrogen-bond donors (Lipinski definition) is 1. The Hall–Kier alpha value is -3.09. The maximum atomic E-state index is 11.1. The van der Waals surface area contributed by atoms with Crippen LogP contribution in [0.2, 0.25) is 0 Å². The van der Waals surface area contributed by atoms with Crippen molar-refractivity contribution in [3.05, 3.63) is 66.2 Å². The summed E-state index contributed by atoms with van der Waals surface area (Å²) >= 11 is 0. The highest BCUT2D eigenvalue weighted by Crippen LogP contribution is 2.37. The summed E-state index contributed by atoms with van der Waals surface area (Å²) in [6, 6.07) is 20.2. The molecule has 0 radical (unpaired) electrons. The van der Waals surface area contributed by atoms with E-state index in [1.807, 2.05) is 48.5 Å². The van der Waals surface area contributed by atoms with Crippen molar-refractivity contribution in [3.63, 3.8) is 0 Å². The number of fused-ring (bicyclic) bond motifs is 1. The third-order valence-electron chi connectivity index (χ3n) is 5.60. The lowest BCUT2D eigenvalue weighted by Crippen LogP contribution is -2.28. The predicted molar refractivity (Wildman–Crippen MR) is 113 cm³/mol. The van der Waals surface area contributed by atoms with Gasteiger partial charge < -0.3 is 4.84 Å². The summed E-state index contributed by atoms with van der Waals surface area (Å²) in [5, 5.41) is 1.10. The summed E-state index contributed by atoms with van der Waals surface area (Å²) in [5.41, 5.74) is 6.02. The summed E-state index contributed by atoms with van der Waals surface area (Å²) in [6.07, 6.45) is 5.37. The van der Waals surface area contributed by atoms with Gasteiger partial charge in [0, 0.05) is 10.9 Å². The Kier molecular flexibility index (Phi) is 6.47. The molecule has 1 heterocycles. The van der Waals surface area contributed by atoms with Crippen molar-refractivity contribution in [2.75, 3.05) is 0 Å². The van der Waals surface area contributed by atoms with Crippen LogP contribution in [0, 0.1) is 5.92 Å². The second kappa shape index (κ2) is 9.61. The monoisotopic (exact) mass is 404 g/mol. The molecule has 1 fully saturated rings. The van der Waals surface area contributed by atoms with E-state index < -0.39 is 5.97 Å². The molecule has 0 amide bonds. The minimum Gasteiger partial charge on any atom is -0.338 e. The average molecular weight is 404 g/mol. The molecule has 6 nitrogen and oxygen atoms in total. The smallest absolute Gasteiger partial charge is 0.338 e. The van der Waals surface area contributed by atoms with Gasteiger partial charge in [-0.2, -0.15) is 0 Å². The van der Waals surface area contributed by atoms with Crippen LogP contribution in [0.1, 0.15) is 43.8 Å². The molecule has 0 bridgehead atoms. The number of para-hydroxylation sites is 1. The van der Waals surface area contributed by atoms with Crippen LogP contribution in [0.3, 0.4) is 0 Å². The zero-order valence-electron chi connectivity index (χ0n) is 16.6. The van der Waals surface area contributed by atoms with Crippen molar-refractivity contribution in [3.8, 4) is 11.3 Å². The number of carbonyl (C=O) groups is 2. The van der Waals surface area contributed by atoms with Gasteiger partial charge in [-0.05, 0) is 48.2 Å². The number of rotatable bonds is 7. The van der Waals surface area contributed by atoms with Gasteiger partial charge in [0.05, 0.1) is 11.2 Å². The molecule has 1 atom stereocenters. The summed E-state index contributed by atoms with van der Waals surface area (Å²) in [4.78, 5) is 36.7. The van der Waals surface area contributed by atoms with Crippen LogP contribution in [0.4, 0.5) is 0 Å². The molecule has 1 N–H and O–H groups in total. The quantitative estimate of drug-likeness (QED) is 0.349. The predicted octanol–water partition coefficient (Wildman–Crippen LogP) is 4.70.